The molecule has 1 aromatic heterocycles. The van der Waals surface area contributed by atoms with Crippen molar-refractivity contribution >= 4 is 28.9 Å². The fraction of sp³-hybridized carbons (Fsp3) is 0.308. The number of halogens is 2. The summed E-state index contributed by atoms with van der Waals surface area (Å²) in [5.74, 6) is -0.135. The smallest absolute Gasteiger partial charge is 0.271 e. The van der Waals surface area contributed by atoms with Gasteiger partial charge in [-0.15, -0.1) is 0 Å². The van der Waals surface area contributed by atoms with E-state index in [1.165, 1.54) is 16.7 Å². The Hall–Kier alpha value is -3.12. The summed E-state index contributed by atoms with van der Waals surface area (Å²) in [5.41, 5.74) is 4.42. The predicted octanol–water partition coefficient (Wildman–Crippen LogP) is 5.56. The molecule has 0 unspecified atom stereocenters. The van der Waals surface area contributed by atoms with Crippen molar-refractivity contribution in [1.82, 2.24) is 9.47 Å². The maximum absolute atomic E-state index is 13.5. The third-order valence-electron chi connectivity index (χ3n) is 6.45. The number of benzene rings is 2. The van der Waals surface area contributed by atoms with Crippen LogP contribution in [0.5, 0.6) is 0 Å². The second kappa shape index (κ2) is 9.40. The molecule has 4 rings (SSSR count). The van der Waals surface area contributed by atoms with Crippen LogP contribution in [0.4, 0.5) is 15.8 Å². The average molecular weight is 468 g/mol. The molecule has 1 fully saturated rings. The van der Waals surface area contributed by atoms with E-state index in [4.69, 9.17) is 11.6 Å². The zero-order valence-corrected chi connectivity index (χ0v) is 19.7. The van der Waals surface area contributed by atoms with Gasteiger partial charge in [0.1, 0.15) is 10.8 Å². The standard InChI is InChI=1S/C26H27ClFN3O2/c1-16-4-9-21(14-17(16)2)29-24-22(15-30(3)26(33)23(24)27)25(32)31-12-10-19(11-13-31)18-5-7-20(28)8-6-18/h4-9,14-15,19,29H,10-13H2,1-3H3. The summed E-state index contributed by atoms with van der Waals surface area (Å²) in [6.45, 7) is 5.17. The van der Waals surface area contributed by atoms with Crippen LogP contribution in [0.1, 0.15) is 45.8 Å². The molecule has 0 atom stereocenters. The molecule has 0 saturated carbocycles. The van der Waals surface area contributed by atoms with Crippen molar-refractivity contribution in [3.05, 3.63) is 92.1 Å². The van der Waals surface area contributed by atoms with Gasteiger partial charge in [-0.05, 0) is 73.6 Å². The summed E-state index contributed by atoms with van der Waals surface area (Å²) in [5, 5.41) is 3.20. The fourth-order valence-corrected chi connectivity index (χ4v) is 4.55. The summed E-state index contributed by atoms with van der Waals surface area (Å²) in [6.07, 6.45) is 3.12. The monoisotopic (exact) mass is 467 g/mol. The van der Waals surface area contributed by atoms with Gasteiger partial charge < -0.3 is 14.8 Å². The molecular weight excluding hydrogens is 441 g/mol. The molecule has 1 aliphatic heterocycles. The maximum Gasteiger partial charge on any atom is 0.271 e. The van der Waals surface area contributed by atoms with Gasteiger partial charge in [-0.25, -0.2) is 4.39 Å². The molecule has 1 saturated heterocycles. The molecule has 0 bridgehead atoms. The first-order chi connectivity index (χ1) is 15.7. The van der Waals surface area contributed by atoms with Crippen LogP contribution in [0, 0.1) is 19.7 Å². The Morgan fingerprint density at radius 2 is 1.73 bits per heavy atom. The van der Waals surface area contributed by atoms with E-state index in [-0.39, 0.29) is 28.2 Å². The molecule has 7 heteroatoms. The van der Waals surface area contributed by atoms with Crippen molar-refractivity contribution in [3.63, 3.8) is 0 Å². The zero-order valence-electron chi connectivity index (χ0n) is 19.0. The number of aromatic nitrogens is 1. The predicted molar refractivity (Wildman–Crippen MR) is 130 cm³/mol. The van der Waals surface area contributed by atoms with Gasteiger partial charge in [-0.2, -0.15) is 0 Å². The van der Waals surface area contributed by atoms with Crippen molar-refractivity contribution in [3.8, 4) is 0 Å². The molecule has 0 radical (unpaired) electrons. The fourth-order valence-electron chi connectivity index (χ4n) is 4.27. The first-order valence-corrected chi connectivity index (χ1v) is 11.4. The molecule has 5 nitrogen and oxygen atoms in total. The van der Waals surface area contributed by atoms with Crippen LogP contribution in [0.15, 0.2) is 53.5 Å². The molecule has 172 valence electrons. The van der Waals surface area contributed by atoms with E-state index in [0.717, 1.165) is 35.2 Å². The normalized spacial score (nSPS) is 14.4. The Balaban J connectivity index is 1.59. The van der Waals surface area contributed by atoms with Crippen molar-refractivity contribution in [1.29, 1.82) is 0 Å². The average Bonchev–Trinajstić information content (AvgIpc) is 2.82. The highest BCUT2D eigenvalue weighted by Gasteiger charge is 2.28. The number of carbonyl (C=O) groups is 1. The van der Waals surface area contributed by atoms with Crippen LogP contribution in [0.25, 0.3) is 0 Å². The number of likely N-dealkylation sites (tertiary alicyclic amines) is 1. The molecule has 33 heavy (non-hydrogen) atoms. The van der Waals surface area contributed by atoms with Crippen molar-refractivity contribution in [2.75, 3.05) is 18.4 Å². The Morgan fingerprint density at radius 3 is 2.36 bits per heavy atom. The number of carbonyl (C=O) groups excluding carboxylic acids is 1. The lowest BCUT2D eigenvalue weighted by Crippen LogP contribution is -2.39. The third-order valence-corrected chi connectivity index (χ3v) is 6.80. The van der Waals surface area contributed by atoms with Crippen molar-refractivity contribution in [2.24, 2.45) is 7.05 Å². The lowest BCUT2D eigenvalue weighted by atomic mass is 9.89. The number of nitrogens with one attached hydrogen (secondary N) is 1. The molecule has 0 spiro atoms. The summed E-state index contributed by atoms with van der Waals surface area (Å²) >= 11 is 6.43. The molecule has 1 aliphatic rings. The van der Waals surface area contributed by atoms with Gasteiger partial charge in [0.2, 0.25) is 0 Å². The topological polar surface area (TPSA) is 54.3 Å². The van der Waals surface area contributed by atoms with E-state index in [0.29, 0.717) is 24.3 Å². The number of hydrogen-bond donors (Lipinski definition) is 1. The quantitative estimate of drug-likeness (QED) is 0.546. The van der Waals surface area contributed by atoms with Gasteiger partial charge in [0.25, 0.3) is 11.5 Å². The minimum Gasteiger partial charge on any atom is -0.353 e. The highest BCUT2D eigenvalue weighted by atomic mass is 35.5. The molecule has 1 N–H and O–H groups in total. The van der Waals surface area contributed by atoms with E-state index in [9.17, 15) is 14.0 Å². The number of anilines is 2. The molecular formula is C26H27ClFN3O2. The molecule has 2 aromatic carbocycles. The lowest BCUT2D eigenvalue weighted by molar-refractivity contribution is 0.0713. The Kier molecular flexibility index (Phi) is 6.56. The highest BCUT2D eigenvalue weighted by Crippen LogP contribution is 2.32. The number of rotatable bonds is 4. The van der Waals surface area contributed by atoms with Crippen molar-refractivity contribution in [2.45, 2.75) is 32.6 Å². The SMILES string of the molecule is Cc1ccc(Nc2c(C(=O)N3CCC(c4ccc(F)cc4)CC3)cn(C)c(=O)c2Cl)cc1C. The first-order valence-electron chi connectivity index (χ1n) is 11.0. The van der Waals surface area contributed by atoms with Gasteiger partial charge in [0.15, 0.2) is 0 Å². The van der Waals surface area contributed by atoms with Crippen LogP contribution >= 0.6 is 11.6 Å². The highest BCUT2D eigenvalue weighted by molar-refractivity contribution is 6.34. The van der Waals surface area contributed by atoms with Crippen LogP contribution in [0.3, 0.4) is 0 Å². The first kappa shape index (κ1) is 23.1. The van der Waals surface area contributed by atoms with Crippen LogP contribution in [-0.2, 0) is 7.05 Å². The second-order valence-corrected chi connectivity index (χ2v) is 9.07. The Bertz CT molecular complexity index is 1250. The summed E-state index contributed by atoms with van der Waals surface area (Å²) < 4.78 is 14.6. The van der Waals surface area contributed by atoms with E-state index >= 15 is 0 Å². The number of aryl methyl sites for hydroxylation is 3. The Labute approximate surface area is 197 Å². The number of piperidine rings is 1. The summed E-state index contributed by atoms with van der Waals surface area (Å²) in [7, 11) is 1.59. The van der Waals surface area contributed by atoms with E-state index in [1.54, 1.807) is 18.1 Å². The number of nitrogens with zero attached hydrogens (tertiary/aromatic N) is 2. The van der Waals surface area contributed by atoms with Gasteiger partial charge in [0, 0.05) is 32.0 Å². The number of amides is 1. The number of hydrogen-bond acceptors (Lipinski definition) is 3. The second-order valence-electron chi connectivity index (χ2n) is 8.69. The molecule has 1 amide bonds. The van der Waals surface area contributed by atoms with E-state index in [2.05, 4.69) is 5.32 Å². The van der Waals surface area contributed by atoms with E-state index < -0.39 is 0 Å². The van der Waals surface area contributed by atoms with Crippen molar-refractivity contribution < 1.29 is 9.18 Å². The molecule has 3 aromatic rings. The van der Waals surface area contributed by atoms with Crippen LogP contribution in [0.2, 0.25) is 5.02 Å². The molecule has 2 heterocycles. The van der Waals surface area contributed by atoms with Gasteiger partial charge in [-0.3, -0.25) is 9.59 Å². The summed E-state index contributed by atoms with van der Waals surface area (Å²) in [4.78, 5) is 27.8. The summed E-state index contributed by atoms with van der Waals surface area (Å²) in [6, 6.07) is 12.4. The molecule has 0 aliphatic carbocycles. The largest absolute Gasteiger partial charge is 0.353 e. The van der Waals surface area contributed by atoms with Crippen LogP contribution in [-0.4, -0.2) is 28.5 Å². The van der Waals surface area contributed by atoms with Gasteiger partial charge in [-0.1, -0.05) is 29.8 Å². The lowest BCUT2D eigenvalue weighted by Gasteiger charge is -2.33. The van der Waals surface area contributed by atoms with E-state index in [1.807, 2.05) is 44.2 Å². The minimum absolute atomic E-state index is 0.0113. The zero-order chi connectivity index (χ0) is 23.7. The minimum atomic E-state index is -0.366. The van der Waals surface area contributed by atoms with Gasteiger partial charge >= 0.3 is 0 Å². The Morgan fingerprint density at radius 1 is 1.06 bits per heavy atom. The maximum atomic E-state index is 13.5. The van der Waals surface area contributed by atoms with Crippen LogP contribution < -0.4 is 10.9 Å². The third kappa shape index (κ3) is 4.81. The van der Waals surface area contributed by atoms with Gasteiger partial charge in [0.05, 0.1) is 11.3 Å². The number of pyridine rings is 1.